The van der Waals surface area contributed by atoms with Gasteiger partial charge in [0.1, 0.15) is 5.75 Å². The minimum atomic E-state index is -3.18. The molecule has 0 bridgehead atoms. The highest BCUT2D eigenvalue weighted by molar-refractivity contribution is 7.91. The van der Waals surface area contributed by atoms with Gasteiger partial charge in [-0.3, -0.25) is 0 Å². The second-order valence-electron chi connectivity index (χ2n) is 4.35. The summed E-state index contributed by atoms with van der Waals surface area (Å²) in [6.07, 6.45) is 0. The third-order valence-electron chi connectivity index (χ3n) is 2.70. The Labute approximate surface area is 115 Å². The number of rotatable bonds is 2. The Bertz CT molecular complexity index is 590. The van der Waals surface area contributed by atoms with Gasteiger partial charge >= 0.3 is 6.03 Å². The van der Waals surface area contributed by atoms with Crippen LogP contribution >= 0.6 is 11.6 Å². The van der Waals surface area contributed by atoms with Crippen LogP contribution in [0.2, 0.25) is 0 Å². The third-order valence-corrected chi connectivity index (χ3v) is 5.08. The van der Waals surface area contributed by atoms with E-state index in [0.29, 0.717) is 5.69 Å². The van der Waals surface area contributed by atoms with Crippen LogP contribution in [0.4, 0.5) is 10.5 Å². The predicted octanol–water partition coefficient (Wildman–Crippen LogP) is 0.918. The molecule has 6 nitrogen and oxygen atoms in total. The van der Waals surface area contributed by atoms with Gasteiger partial charge in [-0.05, 0) is 12.1 Å². The fourth-order valence-corrected chi connectivity index (χ4v) is 4.41. The van der Waals surface area contributed by atoms with Crippen molar-refractivity contribution in [2.75, 3.05) is 16.8 Å². The van der Waals surface area contributed by atoms with E-state index in [4.69, 9.17) is 11.6 Å². The summed E-state index contributed by atoms with van der Waals surface area (Å²) in [7, 11) is -3.18. The van der Waals surface area contributed by atoms with Gasteiger partial charge in [-0.2, -0.15) is 0 Å². The maximum absolute atomic E-state index is 11.7. The number of alkyl halides is 1. The molecule has 2 amide bonds. The smallest absolute Gasteiger partial charge is 0.319 e. The minimum absolute atomic E-state index is 0.0245. The molecule has 2 atom stereocenters. The number of urea groups is 1. The van der Waals surface area contributed by atoms with Crippen LogP contribution in [0.5, 0.6) is 5.75 Å². The van der Waals surface area contributed by atoms with E-state index >= 15 is 0 Å². The van der Waals surface area contributed by atoms with Crippen molar-refractivity contribution in [2.45, 2.75) is 11.4 Å². The molecule has 1 aliphatic heterocycles. The number of carbonyl (C=O) groups excluding carboxylic acids is 1. The van der Waals surface area contributed by atoms with Gasteiger partial charge in [0.25, 0.3) is 0 Å². The van der Waals surface area contributed by atoms with Gasteiger partial charge in [0.05, 0.1) is 22.9 Å². The van der Waals surface area contributed by atoms with Gasteiger partial charge in [0.15, 0.2) is 9.84 Å². The average Bonchev–Trinajstić information content (AvgIpc) is 2.51. The van der Waals surface area contributed by atoms with Crippen molar-refractivity contribution in [3.63, 3.8) is 0 Å². The van der Waals surface area contributed by atoms with E-state index in [1.54, 1.807) is 12.1 Å². The minimum Gasteiger partial charge on any atom is -0.508 e. The lowest BCUT2D eigenvalue weighted by atomic mass is 10.2. The number of halogens is 1. The lowest BCUT2D eigenvalue weighted by Gasteiger charge is -2.15. The molecule has 3 N–H and O–H groups in total. The van der Waals surface area contributed by atoms with Crippen molar-refractivity contribution >= 4 is 33.2 Å². The quantitative estimate of drug-likeness (QED) is 0.708. The second kappa shape index (κ2) is 5.26. The van der Waals surface area contributed by atoms with Gasteiger partial charge in [-0.1, -0.05) is 6.07 Å². The van der Waals surface area contributed by atoms with Gasteiger partial charge in [-0.25, -0.2) is 13.2 Å². The Balaban J connectivity index is 1.95. The zero-order chi connectivity index (χ0) is 14.0. The molecular weight excluding hydrogens is 292 g/mol. The molecule has 2 unspecified atom stereocenters. The van der Waals surface area contributed by atoms with E-state index in [-0.39, 0.29) is 17.3 Å². The number of hydrogen-bond donors (Lipinski definition) is 3. The van der Waals surface area contributed by atoms with Gasteiger partial charge < -0.3 is 15.7 Å². The molecule has 0 aromatic heterocycles. The molecule has 104 valence electrons. The molecule has 1 fully saturated rings. The number of amides is 2. The SMILES string of the molecule is O=C(Nc1cccc(O)c1)NC1CS(=O)(=O)CC1Cl. The summed E-state index contributed by atoms with van der Waals surface area (Å²) in [5.74, 6) is -0.267. The Morgan fingerprint density at radius 3 is 2.68 bits per heavy atom. The van der Waals surface area contributed by atoms with E-state index in [9.17, 15) is 18.3 Å². The highest BCUT2D eigenvalue weighted by Gasteiger charge is 2.37. The number of aromatic hydroxyl groups is 1. The Hall–Kier alpha value is -1.47. The van der Waals surface area contributed by atoms with Crippen LogP contribution in [-0.4, -0.2) is 42.5 Å². The first-order valence-corrected chi connectivity index (χ1v) is 7.82. The zero-order valence-electron chi connectivity index (χ0n) is 9.84. The van der Waals surface area contributed by atoms with Crippen molar-refractivity contribution < 1.29 is 18.3 Å². The molecule has 8 heteroatoms. The molecule has 0 spiro atoms. The molecule has 1 saturated heterocycles. The van der Waals surface area contributed by atoms with Crippen molar-refractivity contribution in [1.29, 1.82) is 0 Å². The van der Waals surface area contributed by atoms with Crippen molar-refractivity contribution in [3.8, 4) is 5.75 Å². The van der Waals surface area contributed by atoms with Crippen molar-refractivity contribution in [2.24, 2.45) is 0 Å². The first-order valence-electron chi connectivity index (χ1n) is 5.57. The summed E-state index contributed by atoms with van der Waals surface area (Å²) in [5, 5.41) is 13.6. The summed E-state index contributed by atoms with van der Waals surface area (Å²) in [4.78, 5) is 11.7. The summed E-state index contributed by atoms with van der Waals surface area (Å²) in [6, 6.07) is 4.87. The Morgan fingerprint density at radius 1 is 1.37 bits per heavy atom. The lowest BCUT2D eigenvalue weighted by molar-refractivity contribution is 0.249. The van der Waals surface area contributed by atoms with Crippen LogP contribution in [0.1, 0.15) is 0 Å². The van der Waals surface area contributed by atoms with Gasteiger partial charge in [-0.15, -0.1) is 11.6 Å². The number of carbonyl (C=O) groups is 1. The Kier molecular flexibility index (Phi) is 3.86. The highest BCUT2D eigenvalue weighted by Crippen LogP contribution is 2.19. The topological polar surface area (TPSA) is 95.5 Å². The number of anilines is 1. The molecule has 1 aromatic rings. The van der Waals surface area contributed by atoms with Crippen LogP contribution in [0.15, 0.2) is 24.3 Å². The molecule has 0 aliphatic carbocycles. The fraction of sp³-hybridized carbons (Fsp3) is 0.364. The highest BCUT2D eigenvalue weighted by atomic mass is 35.5. The maximum Gasteiger partial charge on any atom is 0.319 e. The number of phenols is 1. The molecular formula is C11H13ClN2O4S. The van der Waals surface area contributed by atoms with E-state index in [1.165, 1.54) is 12.1 Å². The van der Waals surface area contributed by atoms with Crippen LogP contribution in [0, 0.1) is 0 Å². The third kappa shape index (κ3) is 3.74. The van der Waals surface area contributed by atoms with Crippen molar-refractivity contribution in [1.82, 2.24) is 5.32 Å². The molecule has 19 heavy (non-hydrogen) atoms. The molecule has 1 aliphatic rings. The molecule has 2 rings (SSSR count). The molecule has 0 radical (unpaired) electrons. The summed E-state index contributed by atoms with van der Waals surface area (Å²) >= 11 is 5.87. The van der Waals surface area contributed by atoms with Crippen LogP contribution in [-0.2, 0) is 9.84 Å². The monoisotopic (exact) mass is 304 g/mol. The first-order chi connectivity index (χ1) is 8.85. The van der Waals surface area contributed by atoms with E-state index in [0.717, 1.165) is 0 Å². The summed E-state index contributed by atoms with van der Waals surface area (Å²) in [6.45, 7) is 0. The zero-order valence-corrected chi connectivity index (χ0v) is 11.4. The maximum atomic E-state index is 11.7. The predicted molar refractivity (Wildman–Crippen MR) is 72.3 cm³/mol. The number of nitrogens with one attached hydrogen (secondary N) is 2. The van der Waals surface area contributed by atoms with E-state index in [2.05, 4.69) is 10.6 Å². The lowest BCUT2D eigenvalue weighted by Crippen LogP contribution is -2.42. The summed E-state index contributed by atoms with van der Waals surface area (Å²) in [5.41, 5.74) is 0.407. The van der Waals surface area contributed by atoms with Gasteiger partial charge in [0, 0.05) is 11.8 Å². The van der Waals surface area contributed by atoms with E-state index < -0.39 is 27.3 Å². The van der Waals surface area contributed by atoms with Crippen LogP contribution in [0.25, 0.3) is 0 Å². The van der Waals surface area contributed by atoms with Gasteiger partial charge in [0.2, 0.25) is 0 Å². The summed E-state index contributed by atoms with van der Waals surface area (Å²) < 4.78 is 22.7. The molecule has 1 heterocycles. The average molecular weight is 305 g/mol. The van der Waals surface area contributed by atoms with Crippen LogP contribution < -0.4 is 10.6 Å². The Morgan fingerprint density at radius 2 is 2.11 bits per heavy atom. The fourth-order valence-electron chi connectivity index (χ4n) is 1.86. The second-order valence-corrected chi connectivity index (χ2v) is 7.06. The van der Waals surface area contributed by atoms with Crippen LogP contribution in [0.3, 0.4) is 0 Å². The molecule has 0 saturated carbocycles. The largest absolute Gasteiger partial charge is 0.508 e. The normalized spacial score (nSPS) is 24.9. The van der Waals surface area contributed by atoms with E-state index in [1.807, 2.05) is 0 Å². The first kappa shape index (κ1) is 14.0. The number of phenolic OH excluding ortho intramolecular Hbond substituents is 1. The number of sulfone groups is 1. The number of benzene rings is 1. The standard InChI is InChI=1S/C11H13ClN2O4S/c12-9-5-19(17,18)6-10(9)14-11(16)13-7-2-1-3-8(15)4-7/h1-4,9-10,15H,5-6H2,(H2,13,14,16). The van der Waals surface area contributed by atoms with Crippen molar-refractivity contribution in [3.05, 3.63) is 24.3 Å². The molecule has 1 aromatic carbocycles. The number of hydrogen-bond acceptors (Lipinski definition) is 4.